The summed E-state index contributed by atoms with van der Waals surface area (Å²) >= 11 is 0. The van der Waals surface area contributed by atoms with Gasteiger partial charge in [-0.1, -0.05) is 18.1 Å². The fourth-order valence-corrected chi connectivity index (χ4v) is 5.72. The van der Waals surface area contributed by atoms with Crippen molar-refractivity contribution in [3.8, 4) is 0 Å². The van der Waals surface area contributed by atoms with Crippen LogP contribution in [0.1, 0.15) is 59.5 Å². The Bertz CT molecular complexity index is 900. The lowest BCUT2D eigenvalue weighted by atomic mass is 10.0. The van der Waals surface area contributed by atoms with Crippen molar-refractivity contribution in [1.82, 2.24) is 9.46 Å². The largest absolute Gasteiger partial charge is 0.361 e. The van der Waals surface area contributed by atoms with Crippen molar-refractivity contribution in [2.45, 2.75) is 64.8 Å². The van der Waals surface area contributed by atoms with Crippen molar-refractivity contribution in [1.29, 1.82) is 0 Å². The van der Waals surface area contributed by atoms with Crippen LogP contribution in [0.5, 0.6) is 0 Å². The molecule has 0 bridgehead atoms. The summed E-state index contributed by atoms with van der Waals surface area (Å²) in [5.41, 5.74) is 4.64. The van der Waals surface area contributed by atoms with Crippen LogP contribution in [-0.2, 0) is 16.4 Å². The molecule has 1 aliphatic rings. The first-order chi connectivity index (χ1) is 11.8. The van der Waals surface area contributed by atoms with Crippen LogP contribution in [0.3, 0.4) is 0 Å². The van der Waals surface area contributed by atoms with Crippen LogP contribution in [0, 0.1) is 27.7 Å². The zero-order valence-corrected chi connectivity index (χ0v) is 16.4. The Hall–Kier alpha value is -1.66. The fourth-order valence-electron chi connectivity index (χ4n) is 3.76. The van der Waals surface area contributed by atoms with E-state index in [2.05, 4.69) is 5.16 Å². The predicted octanol–water partition coefficient (Wildman–Crippen LogP) is 4.00. The zero-order chi connectivity index (χ0) is 18.4. The van der Waals surface area contributed by atoms with Crippen LogP contribution in [0.2, 0.25) is 0 Å². The van der Waals surface area contributed by atoms with Crippen molar-refractivity contribution >= 4 is 10.0 Å². The summed E-state index contributed by atoms with van der Waals surface area (Å²) in [6, 6.07) is 3.57. The van der Waals surface area contributed by atoms with Crippen molar-refractivity contribution in [2.24, 2.45) is 0 Å². The van der Waals surface area contributed by atoms with Gasteiger partial charge in [0.25, 0.3) is 0 Å². The van der Waals surface area contributed by atoms with Gasteiger partial charge in [-0.2, -0.15) is 4.31 Å². The predicted molar refractivity (Wildman–Crippen MR) is 97.1 cm³/mol. The molecule has 2 aromatic rings. The first kappa shape index (κ1) is 18.1. The van der Waals surface area contributed by atoms with Gasteiger partial charge in [0.1, 0.15) is 5.76 Å². The maximum Gasteiger partial charge on any atom is 0.243 e. The molecule has 1 aromatic heterocycles. The molecule has 1 aliphatic heterocycles. The molecule has 0 N–H and O–H groups in total. The molecular weight excluding hydrogens is 336 g/mol. The minimum atomic E-state index is -3.56. The van der Waals surface area contributed by atoms with E-state index in [1.807, 2.05) is 40.7 Å². The van der Waals surface area contributed by atoms with Crippen LogP contribution >= 0.6 is 0 Å². The molecule has 1 atom stereocenters. The molecule has 0 unspecified atom stereocenters. The van der Waals surface area contributed by atoms with Crippen molar-refractivity contribution in [3.63, 3.8) is 0 Å². The highest BCUT2D eigenvalue weighted by molar-refractivity contribution is 7.89. The summed E-state index contributed by atoms with van der Waals surface area (Å²) < 4.78 is 33.9. The monoisotopic (exact) mass is 362 g/mol. The second-order valence-corrected chi connectivity index (χ2v) is 8.79. The maximum atomic E-state index is 13.4. The molecule has 6 heteroatoms. The molecule has 5 nitrogen and oxygen atoms in total. The van der Waals surface area contributed by atoms with Gasteiger partial charge in [0, 0.05) is 18.5 Å². The second kappa shape index (κ2) is 6.57. The third-order valence-electron chi connectivity index (χ3n) is 5.22. The molecule has 1 saturated heterocycles. The second-order valence-electron chi connectivity index (χ2n) is 6.93. The van der Waals surface area contributed by atoms with Crippen LogP contribution in [0.25, 0.3) is 0 Å². The number of rotatable bonds is 4. The van der Waals surface area contributed by atoms with Crippen LogP contribution in [0.15, 0.2) is 21.6 Å². The van der Waals surface area contributed by atoms with E-state index in [4.69, 9.17) is 4.52 Å². The summed E-state index contributed by atoms with van der Waals surface area (Å²) in [6.45, 7) is 10.3. The molecule has 1 aromatic carbocycles. The first-order valence-corrected chi connectivity index (χ1v) is 10.3. The molecule has 0 radical (unpaired) electrons. The molecule has 25 heavy (non-hydrogen) atoms. The molecule has 0 spiro atoms. The fraction of sp³-hybridized carbons (Fsp3) is 0.526. The topological polar surface area (TPSA) is 63.4 Å². The number of aromatic nitrogens is 1. The van der Waals surface area contributed by atoms with Gasteiger partial charge in [0.15, 0.2) is 0 Å². The third-order valence-corrected chi connectivity index (χ3v) is 7.27. The lowest BCUT2D eigenvalue weighted by Gasteiger charge is -2.25. The van der Waals surface area contributed by atoms with E-state index < -0.39 is 10.0 Å². The zero-order valence-electron chi connectivity index (χ0n) is 15.6. The SMILES string of the molecule is CCc1onc(C)c1[C@@H]1CCCN1S(=O)(=O)c1cc(C)c(C)cc1C. The number of hydrogen-bond donors (Lipinski definition) is 0. The number of hydrogen-bond acceptors (Lipinski definition) is 4. The molecule has 0 aliphatic carbocycles. The Morgan fingerprint density at radius 1 is 1.16 bits per heavy atom. The minimum absolute atomic E-state index is 0.188. The first-order valence-electron chi connectivity index (χ1n) is 8.82. The summed E-state index contributed by atoms with van der Waals surface area (Å²) in [4.78, 5) is 0.412. The van der Waals surface area contributed by atoms with Crippen LogP contribution in [-0.4, -0.2) is 24.4 Å². The summed E-state index contributed by atoms with van der Waals surface area (Å²) in [7, 11) is -3.56. The van der Waals surface area contributed by atoms with Crippen molar-refractivity contribution < 1.29 is 12.9 Å². The van der Waals surface area contributed by atoms with E-state index in [1.54, 1.807) is 10.4 Å². The van der Waals surface area contributed by atoms with Gasteiger partial charge in [-0.25, -0.2) is 8.42 Å². The van der Waals surface area contributed by atoms with E-state index in [-0.39, 0.29) is 6.04 Å². The Balaban J connectivity index is 2.08. The molecule has 1 fully saturated rings. The van der Waals surface area contributed by atoms with E-state index in [1.165, 1.54) is 0 Å². The number of nitrogens with zero attached hydrogens (tertiary/aromatic N) is 2. The normalized spacial score (nSPS) is 18.8. The van der Waals surface area contributed by atoms with Gasteiger partial charge in [-0.15, -0.1) is 0 Å². The Morgan fingerprint density at radius 3 is 2.52 bits per heavy atom. The smallest absolute Gasteiger partial charge is 0.243 e. The van der Waals surface area contributed by atoms with Crippen LogP contribution in [0.4, 0.5) is 0 Å². The standard InChI is InChI=1S/C19H26N2O3S/c1-6-17-19(15(5)20-24-17)16-8-7-9-21(16)25(22,23)18-11-13(3)12(2)10-14(18)4/h10-11,16H,6-9H2,1-5H3/t16-/m0/s1. The lowest BCUT2D eigenvalue weighted by molar-refractivity contribution is 0.368. The average molecular weight is 362 g/mol. The maximum absolute atomic E-state index is 13.4. The van der Waals surface area contributed by atoms with Gasteiger partial charge >= 0.3 is 0 Å². The Labute approximate surface area is 150 Å². The lowest BCUT2D eigenvalue weighted by Crippen LogP contribution is -2.31. The van der Waals surface area contributed by atoms with Gasteiger partial charge in [0.05, 0.1) is 16.6 Å². The highest BCUT2D eigenvalue weighted by Crippen LogP contribution is 2.40. The summed E-state index contributed by atoms with van der Waals surface area (Å²) in [5.74, 6) is 0.793. The highest BCUT2D eigenvalue weighted by atomic mass is 32.2. The molecule has 3 rings (SSSR count). The third kappa shape index (κ3) is 3.02. The molecule has 0 saturated carbocycles. The number of aryl methyl sites for hydroxylation is 5. The quantitative estimate of drug-likeness (QED) is 0.825. The van der Waals surface area contributed by atoms with E-state index in [9.17, 15) is 8.42 Å². The number of sulfonamides is 1. The van der Waals surface area contributed by atoms with E-state index in [0.717, 1.165) is 46.5 Å². The molecular formula is C19H26N2O3S. The van der Waals surface area contributed by atoms with Gasteiger partial charge in [0.2, 0.25) is 10.0 Å². The molecule has 0 amide bonds. The molecule has 2 heterocycles. The minimum Gasteiger partial charge on any atom is -0.361 e. The van der Waals surface area contributed by atoms with Gasteiger partial charge < -0.3 is 4.52 Å². The Morgan fingerprint density at radius 2 is 1.84 bits per heavy atom. The summed E-state index contributed by atoms with van der Waals surface area (Å²) in [5, 5.41) is 4.07. The molecule has 136 valence electrons. The van der Waals surface area contributed by atoms with E-state index in [0.29, 0.717) is 17.9 Å². The Kier molecular flexibility index (Phi) is 4.77. The van der Waals surface area contributed by atoms with Crippen molar-refractivity contribution in [3.05, 3.63) is 45.8 Å². The van der Waals surface area contributed by atoms with Crippen molar-refractivity contribution in [2.75, 3.05) is 6.54 Å². The van der Waals surface area contributed by atoms with Crippen LogP contribution < -0.4 is 0 Å². The van der Waals surface area contributed by atoms with Gasteiger partial charge in [-0.05, 0) is 63.3 Å². The highest BCUT2D eigenvalue weighted by Gasteiger charge is 2.39. The van der Waals surface area contributed by atoms with Gasteiger partial charge in [-0.3, -0.25) is 0 Å². The summed E-state index contributed by atoms with van der Waals surface area (Å²) in [6.07, 6.45) is 2.36. The van der Waals surface area contributed by atoms with E-state index >= 15 is 0 Å². The average Bonchev–Trinajstić information content (AvgIpc) is 3.16. The number of benzene rings is 1.